The Hall–Kier alpha value is -3.38. The van der Waals surface area contributed by atoms with E-state index in [1.54, 1.807) is 6.07 Å². The van der Waals surface area contributed by atoms with E-state index in [4.69, 9.17) is 16.0 Å². The molecule has 0 radical (unpaired) electrons. The summed E-state index contributed by atoms with van der Waals surface area (Å²) < 4.78 is 33.0. The summed E-state index contributed by atoms with van der Waals surface area (Å²) in [4.78, 5) is 12.5. The largest absolute Gasteiger partial charge is 0.439 e. The number of rotatable bonds is 3. The highest BCUT2D eigenvalue weighted by Gasteiger charge is 2.21. The van der Waals surface area contributed by atoms with Crippen molar-refractivity contribution >= 4 is 40.2 Å². The number of halogens is 3. The molecule has 1 heterocycles. The van der Waals surface area contributed by atoms with E-state index < -0.39 is 17.7 Å². The molecule has 0 saturated heterocycles. The molecule has 0 fully saturated rings. The molecule has 152 valence electrons. The topological polar surface area (TPSA) is 54.3 Å². The van der Waals surface area contributed by atoms with Crippen molar-refractivity contribution in [1.29, 1.82) is 0 Å². The maximum absolute atomic E-state index is 13.9. The van der Waals surface area contributed by atoms with Crippen LogP contribution in [0.15, 0.2) is 59.0 Å². The Labute approximate surface area is 176 Å². The summed E-state index contributed by atoms with van der Waals surface area (Å²) in [5.74, 6) is -1.44. The summed E-state index contributed by atoms with van der Waals surface area (Å²) >= 11 is 6.41. The molecule has 0 spiro atoms. The van der Waals surface area contributed by atoms with Crippen LogP contribution in [0.5, 0.6) is 0 Å². The first kappa shape index (κ1) is 19.9. The molecule has 30 heavy (non-hydrogen) atoms. The zero-order valence-electron chi connectivity index (χ0n) is 16.1. The van der Waals surface area contributed by atoms with Crippen LogP contribution in [0.25, 0.3) is 22.1 Å². The molecular formula is C23H17ClF2N2O2. The number of anilines is 2. The predicted octanol–water partition coefficient (Wildman–Crippen LogP) is 7.29. The van der Waals surface area contributed by atoms with Crippen molar-refractivity contribution in [1.82, 2.24) is 0 Å². The van der Waals surface area contributed by atoms with Gasteiger partial charge in [-0.25, -0.2) is 13.6 Å². The van der Waals surface area contributed by atoms with Gasteiger partial charge >= 0.3 is 6.03 Å². The molecule has 0 atom stereocenters. The highest BCUT2D eigenvalue weighted by Crippen LogP contribution is 2.42. The van der Waals surface area contributed by atoms with E-state index in [9.17, 15) is 13.6 Å². The minimum Gasteiger partial charge on any atom is -0.439 e. The van der Waals surface area contributed by atoms with Crippen molar-refractivity contribution in [2.75, 3.05) is 10.6 Å². The minimum atomic E-state index is -0.882. The second-order valence-electron chi connectivity index (χ2n) is 6.95. The van der Waals surface area contributed by atoms with Gasteiger partial charge in [-0.05, 0) is 49.2 Å². The lowest BCUT2D eigenvalue weighted by atomic mass is 10.0. The normalized spacial score (nSPS) is 11.0. The van der Waals surface area contributed by atoms with E-state index in [-0.39, 0.29) is 11.6 Å². The molecule has 2 N–H and O–H groups in total. The molecule has 4 rings (SSSR count). The van der Waals surface area contributed by atoms with Gasteiger partial charge in [0.05, 0.1) is 11.3 Å². The first-order valence-electron chi connectivity index (χ1n) is 9.15. The van der Waals surface area contributed by atoms with Crippen molar-refractivity contribution in [3.8, 4) is 11.1 Å². The smallest absolute Gasteiger partial charge is 0.326 e. The van der Waals surface area contributed by atoms with Crippen LogP contribution in [0.4, 0.5) is 25.1 Å². The van der Waals surface area contributed by atoms with E-state index in [0.717, 1.165) is 28.6 Å². The number of hydrogen-bond donors (Lipinski definition) is 2. The summed E-state index contributed by atoms with van der Waals surface area (Å²) in [6.07, 6.45) is 0. The number of benzene rings is 3. The molecular weight excluding hydrogens is 410 g/mol. The van der Waals surface area contributed by atoms with Crippen LogP contribution in [0, 0.1) is 25.5 Å². The molecule has 0 bridgehead atoms. The van der Waals surface area contributed by atoms with Gasteiger partial charge in [0.1, 0.15) is 17.2 Å². The first-order valence-corrected chi connectivity index (χ1v) is 9.53. The van der Waals surface area contributed by atoms with Crippen LogP contribution in [0.1, 0.15) is 11.1 Å². The Morgan fingerprint density at radius 3 is 2.50 bits per heavy atom. The van der Waals surface area contributed by atoms with Crippen LogP contribution in [0.3, 0.4) is 0 Å². The highest BCUT2D eigenvalue weighted by molar-refractivity contribution is 6.34. The average Bonchev–Trinajstić information content (AvgIpc) is 3.02. The Balaban J connectivity index is 1.78. The predicted molar refractivity (Wildman–Crippen MR) is 115 cm³/mol. The molecule has 4 nitrogen and oxygen atoms in total. The molecule has 0 saturated carbocycles. The second kappa shape index (κ2) is 7.80. The molecule has 1 aromatic heterocycles. The van der Waals surface area contributed by atoms with Gasteiger partial charge in [0.2, 0.25) is 5.88 Å². The standard InChI is InChI=1S/C23H17ClF2N2O2/c1-12-9-13(2)21-16(10-12)20(15-5-3-4-6-17(15)24)22(30-21)28-23(29)27-19-8-7-14(25)11-18(19)26/h3-11H,1-2H3,(H2,27,28,29). The van der Waals surface area contributed by atoms with Crippen LogP contribution in [-0.4, -0.2) is 6.03 Å². The average molecular weight is 427 g/mol. The van der Waals surface area contributed by atoms with Gasteiger partial charge in [-0.1, -0.05) is 35.9 Å². The van der Waals surface area contributed by atoms with Gasteiger partial charge in [0, 0.05) is 22.0 Å². The molecule has 0 aliphatic heterocycles. The van der Waals surface area contributed by atoms with Crippen LogP contribution in [-0.2, 0) is 0 Å². The van der Waals surface area contributed by atoms with E-state index in [2.05, 4.69) is 10.6 Å². The lowest BCUT2D eigenvalue weighted by Gasteiger charge is -2.09. The number of fused-ring (bicyclic) bond motifs is 1. The van der Waals surface area contributed by atoms with Gasteiger partial charge in [-0.3, -0.25) is 5.32 Å². The molecule has 7 heteroatoms. The summed E-state index contributed by atoms with van der Waals surface area (Å²) in [5, 5.41) is 6.28. The third kappa shape index (κ3) is 3.74. The lowest BCUT2D eigenvalue weighted by molar-refractivity contribution is 0.261. The quantitative estimate of drug-likeness (QED) is 0.361. The van der Waals surface area contributed by atoms with Gasteiger partial charge in [-0.2, -0.15) is 0 Å². The lowest BCUT2D eigenvalue weighted by Crippen LogP contribution is -2.20. The second-order valence-corrected chi connectivity index (χ2v) is 7.36. The van der Waals surface area contributed by atoms with Crippen molar-refractivity contribution in [3.63, 3.8) is 0 Å². The summed E-state index contributed by atoms with van der Waals surface area (Å²) in [6, 6.07) is 13.3. The minimum absolute atomic E-state index is 0.156. The van der Waals surface area contributed by atoms with Gasteiger partial charge < -0.3 is 9.73 Å². The number of furan rings is 1. The number of aryl methyl sites for hydroxylation is 2. The zero-order valence-corrected chi connectivity index (χ0v) is 16.9. The summed E-state index contributed by atoms with van der Waals surface area (Å²) in [6.45, 7) is 3.87. The van der Waals surface area contributed by atoms with Crippen LogP contribution < -0.4 is 10.6 Å². The van der Waals surface area contributed by atoms with E-state index in [1.807, 2.05) is 44.2 Å². The van der Waals surface area contributed by atoms with E-state index in [0.29, 0.717) is 27.8 Å². The van der Waals surface area contributed by atoms with E-state index in [1.165, 1.54) is 0 Å². The number of urea groups is 1. The van der Waals surface area contributed by atoms with Crippen molar-refractivity contribution in [3.05, 3.63) is 82.4 Å². The third-order valence-corrected chi connectivity index (χ3v) is 5.00. The SMILES string of the molecule is Cc1cc(C)c2oc(NC(=O)Nc3ccc(F)cc3F)c(-c3ccccc3Cl)c2c1. The number of carbonyl (C=O) groups is 1. The fourth-order valence-corrected chi connectivity index (χ4v) is 3.65. The molecule has 4 aromatic rings. The first-order chi connectivity index (χ1) is 14.3. The van der Waals surface area contributed by atoms with Crippen molar-refractivity contribution in [2.45, 2.75) is 13.8 Å². The van der Waals surface area contributed by atoms with Gasteiger partial charge in [-0.15, -0.1) is 0 Å². The molecule has 0 unspecified atom stereocenters. The Morgan fingerprint density at radius 1 is 1.00 bits per heavy atom. The maximum atomic E-state index is 13.9. The highest BCUT2D eigenvalue weighted by atomic mass is 35.5. The number of carbonyl (C=O) groups excluding carboxylic acids is 1. The number of nitrogens with one attached hydrogen (secondary N) is 2. The Morgan fingerprint density at radius 2 is 1.77 bits per heavy atom. The molecule has 0 aliphatic rings. The zero-order chi connectivity index (χ0) is 21.4. The fourth-order valence-electron chi connectivity index (χ4n) is 3.42. The Bertz CT molecular complexity index is 1280. The molecule has 2 amide bonds. The van der Waals surface area contributed by atoms with E-state index >= 15 is 0 Å². The number of hydrogen-bond acceptors (Lipinski definition) is 2. The van der Waals surface area contributed by atoms with Crippen LogP contribution >= 0.6 is 11.6 Å². The summed E-state index contributed by atoms with van der Waals surface area (Å²) in [5.41, 5.74) is 3.69. The maximum Gasteiger partial charge on any atom is 0.326 e. The third-order valence-electron chi connectivity index (χ3n) is 4.67. The molecule has 3 aromatic carbocycles. The molecule has 0 aliphatic carbocycles. The monoisotopic (exact) mass is 426 g/mol. The fraction of sp³-hybridized carbons (Fsp3) is 0.0870. The van der Waals surface area contributed by atoms with Crippen molar-refractivity contribution in [2.24, 2.45) is 0 Å². The van der Waals surface area contributed by atoms with Gasteiger partial charge in [0.25, 0.3) is 0 Å². The van der Waals surface area contributed by atoms with Gasteiger partial charge in [0.15, 0.2) is 0 Å². The summed E-state index contributed by atoms with van der Waals surface area (Å²) in [7, 11) is 0. The Kier molecular flexibility index (Phi) is 5.18. The van der Waals surface area contributed by atoms with Crippen LogP contribution in [0.2, 0.25) is 5.02 Å². The number of amides is 2. The van der Waals surface area contributed by atoms with Crippen molar-refractivity contribution < 1.29 is 18.0 Å².